The van der Waals surface area contributed by atoms with Crippen molar-refractivity contribution in [3.63, 3.8) is 0 Å². The molecule has 3 aromatic rings. The molecule has 0 spiro atoms. The molecule has 0 radical (unpaired) electrons. The van der Waals surface area contributed by atoms with Gasteiger partial charge in [0.1, 0.15) is 17.2 Å². The maximum atomic E-state index is 12.2. The molecular formula is C23H21NO5. The minimum Gasteiger partial charge on any atom is -0.497 e. The third kappa shape index (κ3) is 6.10. The molecule has 0 aromatic heterocycles. The van der Waals surface area contributed by atoms with Gasteiger partial charge in [0, 0.05) is 6.54 Å². The Bertz CT molecular complexity index is 955. The molecule has 0 bridgehead atoms. The van der Waals surface area contributed by atoms with Crippen LogP contribution in [0.3, 0.4) is 0 Å². The van der Waals surface area contributed by atoms with Gasteiger partial charge in [-0.1, -0.05) is 36.4 Å². The van der Waals surface area contributed by atoms with Crippen LogP contribution in [0.4, 0.5) is 0 Å². The molecule has 148 valence electrons. The quantitative estimate of drug-likeness (QED) is 0.589. The molecule has 0 heterocycles. The largest absolute Gasteiger partial charge is 0.497 e. The van der Waals surface area contributed by atoms with E-state index < -0.39 is 5.97 Å². The van der Waals surface area contributed by atoms with Crippen LogP contribution in [-0.2, 0) is 16.1 Å². The third-order valence-electron chi connectivity index (χ3n) is 4.03. The number of rotatable bonds is 8. The normalized spacial score (nSPS) is 10.1. The number of nitrogens with one attached hydrogen (secondary N) is 1. The monoisotopic (exact) mass is 391 g/mol. The Morgan fingerprint density at radius 1 is 0.828 bits per heavy atom. The minimum absolute atomic E-state index is 0.307. The van der Waals surface area contributed by atoms with Gasteiger partial charge in [-0.25, -0.2) is 4.79 Å². The van der Waals surface area contributed by atoms with Gasteiger partial charge in [-0.15, -0.1) is 0 Å². The highest BCUT2D eigenvalue weighted by Gasteiger charge is 2.11. The predicted molar refractivity (Wildman–Crippen MR) is 108 cm³/mol. The first-order valence-corrected chi connectivity index (χ1v) is 9.04. The summed E-state index contributed by atoms with van der Waals surface area (Å²) in [5, 5.41) is 2.71. The first kappa shape index (κ1) is 19.9. The van der Waals surface area contributed by atoms with E-state index in [0.29, 0.717) is 23.6 Å². The molecule has 0 atom stereocenters. The van der Waals surface area contributed by atoms with Crippen LogP contribution in [0.25, 0.3) is 0 Å². The Balaban J connectivity index is 1.48. The van der Waals surface area contributed by atoms with Crippen molar-refractivity contribution in [2.45, 2.75) is 6.54 Å². The van der Waals surface area contributed by atoms with Crippen molar-refractivity contribution >= 4 is 11.9 Å². The highest BCUT2D eigenvalue weighted by atomic mass is 16.5. The number of hydrogen-bond acceptors (Lipinski definition) is 5. The summed E-state index contributed by atoms with van der Waals surface area (Å²) in [4.78, 5) is 24.2. The van der Waals surface area contributed by atoms with Crippen molar-refractivity contribution in [1.29, 1.82) is 0 Å². The molecule has 0 aliphatic carbocycles. The summed E-state index contributed by atoms with van der Waals surface area (Å²) in [6.07, 6.45) is 0. The highest BCUT2D eigenvalue weighted by molar-refractivity contribution is 5.91. The molecule has 3 rings (SSSR count). The first-order valence-electron chi connectivity index (χ1n) is 9.04. The molecule has 0 unspecified atom stereocenters. The molecule has 0 aliphatic heterocycles. The Hall–Kier alpha value is -3.80. The van der Waals surface area contributed by atoms with Crippen LogP contribution in [0.2, 0.25) is 0 Å². The SMILES string of the molecule is COc1ccc(CNC(=O)COC(=O)c2cccc(Oc3ccccc3)c2)cc1. The number of esters is 1. The first-order chi connectivity index (χ1) is 14.1. The van der Waals surface area contributed by atoms with Crippen LogP contribution in [0, 0.1) is 0 Å². The maximum Gasteiger partial charge on any atom is 0.338 e. The van der Waals surface area contributed by atoms with Crippen LogP contribution in [0.1, 0.15) is 15.9 Å². The molecule has 0 saturated carbocycles. The van der Waals surface area contributed by atoms with E-state index in [1.54, 1.807) is 31.4 Å². The second-order valence-electron chi connectivity index (χ2n) is 6.14. The fourth-order valence-electron chi connectivity index (χ4n) is 2.52. The second-order valence-corrected chi connectivity index (χ2v) is 6.14. The average molecular weight is 391 g/mol. The molecule has 0 saturated heterocycles. The van der Waals surface area contributed by atoms with E-state index in [9.17, 15) is 9.59 Å². The Labute approximate surface area is 169 Å². The topological polar surface area (TPSA) is 73.9 Å². The van der Waals surface area contributed by atoms with Crippen LogP contribution < -0.4 is 14.8 Å². The molecule has 0 fully saturated rings. The van der Waals surface area contributed by atoms with Crippen LogP contribution >= 0.6 is 0 Å². The van der Waals surface area contributed by atoms with Crippen molar-refractivity contribution in [3.05, 3.63) is 90.0 Å². The zero-order valence-electron chi connectivity index (χ0n) is 16.0. The van der Waals surface area contributed by atoms with Gasteiger partial charge >= 0.3 is 5.97 Å². The summed E-state index contributed by atoms with van der Waals surface area (Å²) < 4.78 is 15.9. The summed E-state index contributed by atoms with van der Waals surface area (Å²) in [5.74, 6) is 0.937. The molecular weight excluding hydrogens is 370 g/mol. The van der Waals surface area contributed by atoms with Gasteiger partial charge in [0.05, 0.1) is 12.7 Å². The standard InChI is InChI=1S/C23H21NO5/c1-27-19-12-10-17(11-13-19)15-24-22(25)16-28-23(26)18-6-5-9-21(14-18)29-20-7-3-2-4-8-20/h2-14H,15-16H2,1H3,(H,24,25). The van der Waals surface area contributed by atoms with E-state index >= 15 is 0 Å². The molecule has 6 heteroatoms. The fraction of sp³-hybridized carbons (Fsp3) is 0.130. The Kier molecular flexibility index (Phi) is 6.84. The Morgan fingerprint density at radius 2 is 1.55 bits per heavy atom. The van der Waals surface area contributed by atoms with Crippen molar-refractivity contribution in [2.75, 3.05) is 13.7 Å². The van der Waals surface area contributed by atoms with Gasteiger partial charge in [-0.3, -0.25) is 4.79 Å². The molecule has 29 heavy (non-hydrogen) atoms. The molecule has 0 aliphatic rings. The lowest BCUT2D eigenvalue weighted by atomic mass is 10.2. The lowest BCUT2D eigenvalue weighted by Crippen LogP contribution is -2.28. The van der Waals surface area contributed by atoms with E-state index in [1.807, 2.05) is 54.6 Å². The number of para-hydroxylation sites is 1. The van der Waals surface area contributed by atoms with E-state index in [4.69, 9.17) is 14.2 Å². The van der Waals surface area contributed by atoms with Gasteiger partial charge in [0.2, 0.25) is 0 Å². The smallest absolute Gasteiger partial charge is 0.338 e. The summed E-state index contributed by atoms with van der Waals surface area (Å²) in [6, 6.07) is 23.2. The van der Waals surface area contributed by atoms with Crippen molar-refractivity contribution < 1.29 is 23.8 Å². The summed E-state index contributed by atoms with van der Waals surface area (Å²) in [5.41, 5.74) is 1.22. The zero-order chi connectivity index (χ0) is 20.5. The summed E-state index contributed by atoms with van der Waals surface area (Å²) in [7, 11) is 1.59. The van der Waals surface area contributed by atoms with E-state index in [1.165, 1.54) is 0 Å². The van der Waals surface area contributed by atoms with E-state index in [-0.39, 0.29) is 12.5 Å². The molecule has 1 N–H and O–H groups in total. The van der Waals surface area contributed by atoms with Gasteiger partial charge < -0.3 is 19.5 Å². The highest BCUT2D eigenvalue weighted by Crippen LogP contribution is 2.22. The molecule has 6 nitrogen and oxygen atoms in total. The van der Waals surface area contributed by atoms with Gasteiger partial charge in [-0.05, 0) is 48.0 Å². The maximum absolute atomic E-state index is 12.2. The average Bonchev–Trinajstić information content (AvgIpc) is 2.77. The van der Waals surface area contributed by atoms with Gasteiger partial charge in [0.25, 0.3) is 5.91 Å². The number of benzene rings is 3. The van der Waals surface area contributed by atoms with Crippen LogP contribution in [-0.4, -0.2) is 25.6 Å². The number of carbonyl (C=O) groups excluding carboxylic acids is 2. The Morgan fingerprint density at radius 3 is 2.28 bits per heavy atom. The number of carbonyl (C=O) groups is 2. The predicted octanol–water partition coefficient (Wildman–Crippen LogP) is 3.96. The molecule has 1 amide bonds. The van der Waals surface area contributed by atoms with Crippen LogP contribution in [0.15, 0.2) is 78.9 Å². The fourth-order valence-corrected chi connectivity index (χ4v) is 2.52. The minimum atomic E-state index is -0.594. The van der Waals surface area contributed by atoms with Crippen molar-refractivity contribution in [2.24, 2.45) is 0 Å². The van der Waals surface area contributed by atoms with Gasteiger partial charge in [0.15, 0.2) is 6.61 Å². The molecule has 3 aromatic carbocycles. The van der Waals surface area contributed by atoms with E-state index in [0.717, 1.165) is 11.3 Å². The van der Waals surface area contributed by atoms with Crippen LogP contribution in [0.5, 0.6) is 17.2 Å². The zero-order valence-corrected chi connectivity index (χ0v) is 16.0. The summed E-state index contributed by atoms with van der Waals surface area (Å²) >= 11 is 0. The van der Waals surface area contributed by atoms with Gasteiger partial charge in [-0.2, -0.15) is 0 Å². The summed E-state index contributed by atoms with van der Waals surface area (Å²) in [6.45, 7) is -0.0282. The van der Waals surface area contributed by atoms with E-state index in [2.05, 4.69) is 5.32 Å². The number of methoxy groups -OCH3 is 1. The van der Waals surface area contributed by atoms with Crippen molar-refractivity contribution in [3.8, 4) is 17.2 Å². The number of ether oxygens (including phenoxy) is 3. The third-order valence-corrected chi connectivity index (χ3v) is 4.03. The number of hydrogen-bond donors (Lipinski definition) is 1. The lowest BCUT2D eigenvalue weighted by molar-refractivity contribution is -0.124. The van der Waals surface area contributed by atoms with Crippen molar-refractivity contribution in [1.82, 2.24) is 5.32 Å². The lowest BCUT2D eigenvalue weighted by Gasteiger charge is -2.09. The number of amides is 1. The second kappa shape index (κ2) is 9.94.